The average molecular weight is 525 g/mol. The fourth-order valence-electron chi connectivity index (χ4n) is 5.07. The minimum Gasteiger partial charge on any atom is -0.335 e. The number of halogens is 3. The van der Waals surface area contributed by atoms with E-state index in [1.54, 1.807) is 15.9 Å². The van der Waals surface area contributed by atoms with Gasteiger partial charge in [0.1, 0.15) is 11.6 Å². The predicted octanol–water partition coefficient (Wildman–Crippen LogP) is 4.36. The van der Waals surface area contributed by atoms with Gasteiger partial charge in [-0.3, -0.25) is 14.5 Å². The van der Waals surface area contributed by atoms with Crippen LogP contribution >= 0.6 is 0 Å². The quantitative estimate of drug-likeness (QED) is 0.537. The Labute approximate surface area is 218 Å². The molecule has 38 heavy (non-hydrogen) atoms. The van der Waals surface area contributed by atoms with E-state index in [1.807, 2.05) is 0 Å². The van der Waals surface area contributed by atoms with Gasteiger partial charge in [-0.15, -0.1) is 0 Å². The Hall–Kier alpha value is -3.92. The largest absolute Gasteiger partial charge is 0.335 e. The highest BCUT2D eigenvalue weighted by Gasteiger charge is 2.27. The van der Waals surface area contributed by atoms with Gasteiger partial charge in [0.05, 0.1) is 5.56 Å². The van der Waals surface area contributed by atoms with Crippen LogP contribution in [0, 0.1) is 11.6 Å². The van der Waals surface area contributed by atoms with Crippen molar-refractivity contribution in [2.75, 3.05) is 39.3 Å². The Balaban J connectivity index is 1.27. The van der Waals surface area contributed by atoms with Gasteiger partial charge >= 0.3 is 0 Å². The van der Waals surface area contributed by atoms with Crippen LogP contribution in [-0.4, -0.2) is 65.9 Å². The maximum Gasteiger partial charge on any atom is 0.270 e. The minimum absolute atomic E-state index is 0.210. The summed E-state index contributed by atoms with van der Waals surface area (Å²) in [5.74, 6) is -1.60. The summed E-state index contributed by atoms with van der Waals surface area (Å²) in [4.78, 5) is 37.3. The number of rotatable bonds is 5. The van der Waals surface area contributed by atoms with E-state index in [0.717, 1.165) is 31.5 Å². The standard InChI is InChI=1S/C28H27F3N4O3/c29-23-3-1-19(2-4-23)25-16-22(17-33-26(25)38-31)28(37)35-11-9-34(10-12-35)27(36)21-13-20(14-24(30)15-21)18-5-7-32-8-6-18/h1-4,13-18,32H,5-12H2. The lowest BCUT2D eigenvalue weighted by molar-refractivity contribution is -0.0111. The second-order valence-corrected chi connectivity index (χ2v) is 9.54. The van der Waals surface area contributed by atoms with Crippen molar-refractivity contribution < 1.29 is 27.8 Å². The zero-order valence-electron chi connectivity index (χ0n) is 20.6. The molecule has 3 heterocycles. The number of hydrogen-bond acceptors (Lipinski definition) is 5. The van der Waals surface area contributed by atoms with Crippen molar-refractivity contribution >= 4 is 11.8 Å². The molecule has 2 fully saturated rings. The first kappa shape index (κ1) is 25.7. The van der Waals surface area contributed by atoms with Gasteiger partial charge in [0, 0.05) is 48.0 Å². The van der Waals surface area contributed by atoms with Crippen LogP contribution in [0.1, 0.15) is 45.0 Å². The summed E-state index contributed by atoms with van der Waals surface area (Å²) in [5, 5.41) is 3.29. The first-order valence-electron chi connectivity index (χ1n) is 12.6. The molecule has 2 aromatic carbocycles. The van der Waals surface area contributed by atoms with Crippen molar-refractivity contribution in [1.82, 2.24) is 20.1 Å². The molecule has 3 aromatic rings. The van der Waals surface area contributed by atoms with Crippen molar-refractivity contribution in [3.8, 4) is 17.0 Å². The number of nitrogens with zero attached hydrogens (tertiary/aromatic N) is 3. The number of carbonyl (C=O) groups excluding carboxylic acids is 2. The molecule has 0 saturated carbocycles. The van der Waals surface area contributed by atoms with E-state index in [4.69, 9.17) is 0 Å². The molecule has 198 valence electrons. The monoisotopic (exact) mass is 524 g/mol. The van der Waals surface area contributed by atoms with Crippen LogP contribution in [0.15, 0.2) is 54.7 Å². The zero-order chi connectivity index (χ0) is 26.6. The summed E-state index contributed by atoms with van der Waals surface area (Å²) in [6.45, 7) is 2.85. The molecule has 0 unspecified atom stereocenters. The smallest absolute Gasteiger partial charge is 0.270 e. The molecular weight excluding hydrogens is 497 g/mol. The normalized spacial score (nSPS) is 16.4. The summed E-state index contributed by atoms with van der Waals surface area (Å²) in [7, 11) is 0. The minimum atomic E-state index is -0.454. The van der Waals surface area contributed by atoms with Gasteiger partial charge in [-0.05, 0) is 79.4 Å². The molecule has 0 bridgehead atoms. The maximum absolute atomic E-state index is 14.4. The molecule has 0 aliphatic carbocycles. The molecule has 1 N–H and O–H groups in total. The molecule has 2 aliphatic heterocycles. The third-order valence-corrected chi connectivity index (χ3v) is 7.16. The lowest BCUT2D eigenvalue weighted by Crippen LogP contribution is -2.50. The fourth-order valence-corrected chi connectivity index (χ4v) is 5.07. The van der Waals surface area contributed by atoms with E-state index in [1.165, 1.54) is 48.7 Å². The van der Waals surface area contributed by atoms with Crippen LogP contribution in [0.4, 0.5) is 13.3 Å². The molecule has 0 atom stereocenters. The zero-order valence-corrected chi connectivity index (χ0v) is 20.6. The topological polar surface area (TPSA) is 74.8 Å². The third-order valence-electron chi connectivity index (χ3n) is 7.16. The molecule has 0 radical (unpaired) electrons. The van der Waals surface area contributed by atoms with Crippen molar-refractivity contribution in [2.24, 2.45) is 0 Å². The van der Waals surface area contributed by atoms with Crippen LogP contribution in [0.2, 0.25) is 0 Å². The van der Waals surface area contributed by atoms with E-state index in [9.17, 15) is 22.9 Å². The number of aromatic nitrogens is 1. The summed E-state index contributed by atoms with van der Waals surface area (Å²) < 4.78 is 40.8. The molecule has 10 heteroatoms. The number of carbonyl (C=O) groups is 2. The van der Waals surface area contributed by atoms with Gasteiger partial charge in [-0.2, -0.15) is 0 Å². The highest BCUT2D eigenvalue weighted by atomic mass is 19.3. The molecule has 5 rings (SSSR count). The van der Waals surface area contributed by atoms with Gasteiger partial charge in [0.2, 0.25) is 0 Å². The molecule has 0 spiro atoms. The van der Waals surface area contributed by atoms with Gasteiger partial charge < -0.3 is 15.1 Å². The summed E-state index contributed by atoms with van der Waals surface area (Å²) in [6.07, 6.45) is 3.01. The Morgan fingerprint density at radius 2 is 1.47 bits per heavy atom. The highest BCUT2D eigenvalue weighted by molar-refractivity contribution is 5.97. The van der Waals surface area contributed by atoms with E-state index in [2.05, 4.69) is 15.2 Å². The number of pyridine rings is 1. The number of hydrogen-bond donors (Lipinski definition) is 1. The van der Waals surface area contributed by atoms with E-state index in [-0.39, 0.29) is 60.9 Å². The highest BCUT2D eigenvalue weighted by Crippen LogP contribution is 2.30. The lowest BCUT2D eigenvalue weighted by Gasteiger charge is -2.35. The molecule has 2 amide bonds. The fraction of sp³-hybridized carbons (Fsp3) is 0.321. The van der Waals surface area contributed by atoms with Gasteiger partial charge in [0.25, 0.3) is 17.7 Å². The van der Waals surface area contributed by atoms with Crippen LogP contribution in [-0.2, 0) is 0 Å². The number of piperazine rings is 1. The molecule has 7 nitrogen and oxygen atoms in total. The number of piperidine rings is 1. The second-order valence-electron chi connectivity index (χ2n) is 9.54. The predicted molar refractivity (Wildman–Crippen MR) is 134 cm³/mol. The number of benzene rings is 2. The van der Waals surface area contributed by atoms with Crippen molar-refractivity contribution in [3.05, 3.63) is 83.1 Å². The first-order valence-corrected chi connectivity index (χ1v) is 12.6. The van der Waals surface area contributed by atoms with Gasteiger partial charge in [-0.1, -0.05) is 12.1 Å². The number of amides is 2. The van der Waals surface area contributed by atoms with Gasteiger partial charge in [-0.25, -0.2) is 13.8 Å². The van der Waals surface area contributed by atoms with Crippen LogP contribution in [0.5, 0.6) is 5.88 Å². The number of nitrogens with one attached hydrogen (secondary N) is 1. The molecule has 2 saturated heterocycles. The molecule has 2 aliphatic rings. The lowest BCUT2D eigenvalue weighted by atomic mass is 9.89. The van der Waals surface area contributed by atoms with Gasteiger partial charge in [0.15, 0.2) is 0 Å². The maximum atomic E-state index is 14.4. The summed E-state index contributed by atoms with van der Waals surface area (Å²) in [6, 6.07) is 11.3. The Morgan fingerprint density at radius 1 is 0.842 bits per heavy atom. The summed E-state index contributed by atoms with van der Waals surface area (Å²) in [5.41, 5.74) is 2.02. The first-order chi connectivity index (χ1) is 18.4. The van der Waals surface area contributed by atoms with Crippen LogP contribution in [0.3, 0.4) is 0 Å². The Morgan fingerprint density at radius 3 is 2.11 bits per heavy atom. The SMILES string of the molecule is O=C(c1cc(F)cc(C2CCNCC2)c1)N1CCN(C(=O)c2cnc(OF)c(-c3ccc(F)cc3)c2)CC1. The van der Waals surface area contributed by atoms with Crippen LogP contribution < -0.4 is 10.3 Å². The second kappa shape index (κ2) is 11.2. The van der Waals surface area contributed by atoms with Crippen molar-refractivity contribution in [3.63, 3.8) is 0 Å². The van der Waals surface area contributed by atoms with Crippen molar-refractivity contribution in [1.29, 1.82) is 0 Å². The van der Waals surface area contributed by atoms with Crippen molar-refractivity contribution in [2.45, 2.75) is 18.8 Å². The average Bonchev–Trinajstić information content (AvgIpc) is 2.96. The van der Waals surface area contributed by atoms with E-state index >= 15 is 0 Å². The summed E-state index contributed by atoms with van der Waals surface area (Å²) >= 11 is 0. The Bertz CT molecular complexity index is 1320. The molecule has 1 aromatic heterocycles. The van der Waals surface area contributed by atoms with Crippen LogP contribution in [0.25, 0.3) is 11.1 Å². The third kappa shape index (κ3) is 5.50. The molecular formula is C28H27F3N4O3. The van der Waals surface area contributed by atoms with E-state index < -0.39 is 11.6 Å². The Kier molecular flexibility index (Phi) is 7.59. The van der Waals surface area contributed by atoms with E-state index in [0.29, 0.717) is 11.1 Å².